The molecule has 0 spiro atoms. The fraction of sp³-hybridized carbons (Fsp3) is 0.532. The monoisotopic (exact) mass is 812 g/mol. The maximum absolute atomic E-state index is 12.6. The van der Waals surface area contributed by atoms with E-state index in [1.807, 2.05) is 6.08 Å². The van der Waals surface area contributed by atoms with Crippen LogP contribution in [0.3, 0.4) is 0 Å². The third-order valence-corrected chi connectivity index (χ3v) is 8.83. The average molecular weight is 812 g/mol. The van der Waals surface area contributed by atoms with E-state index in [4.69, 9.17) is 24.3 Å². The number of unbranched alkanes of at least 4 members (excludes halogenated alkanes) is 4. The van der Waals surface area contributed by atoms with Crippen molar-refractivity contribution in [3.8, 4) is 0 Å². The van der Waals surface area contributed by atoms with Crippen molar-refractivity contribution >= 4 is 19.8 Å². The molecule has 3 N–H and O–H groups in total. The Kier molecular flexibility index (Phi) is 39.4. The molecule has 0 fully saturated rings. The van der Waals surface area contributed by atoms with E-state index in [2.05, 4.69) is 129 Å². The summed E-state index contributed by atoms with van der Waals surface area (Å²) in [5, 5.41) is 0. The molecule has 0 saturated heterocycles. The summed E-state index contributed by atoms with van der Waals surface area (Å²) in [4.78, 5) is 34.8. The quantitative estimate of drug-likeness (QED) is 0.0272. The number of hydrogen-bond acceptors (Lipinski definition) is 8. The first-order valence-corrected chi connectivity index (χ1v) is 22.5. The summed E-state index contributed by atoms with van der Waals surface area (Å²) < 4.78 is 32.7. The fourth-order valence-electron chi connectivity index (χ4n) is 4.81. The first-order chi connectivity index (χ1) is 27.8. The first-order valence-electron chi connectivity index (χ1n) is 21.0. The van der Waals surface area contributed by atoms with Crippen LogP contribution in [0.4, 0.5) is 0 Å². The number of ether oxygens (including phenoxy) is 2. The van der Waals surface area contributed by atoms with E-state index in [9.17, 15) is 19.0 Å². The van der Waals surface area contributed by atoms with Gasteiger partial charge in [-0.1, -0.05) is 142 Å². The highest BCUT2D eigenvalue weighted by atomic mass is 31.2. The van der Waals surface area contributed by atoms with Gasteiger partial charge in [-0.15, -0.1) is 0 Å². The molecule has 2 atom stereocenters. The lowest BCUT2D eigenvalue weighted by atomic mass is 10.1. The van der Waals surface area contributed by atoms with Gasteiger partial charge in [-0.3, -0.25) is 18.6 Å². The highest BCUT2D eigenvalue weighted by Gasteiger charge is 2.25. The minimum atomic E-state index is -4.41. The van der Waals surface area contributed by atoms with Crippen molar-refractivity contribution in [3.05, 3.63) is 122 Å². The van der Waals surface area contributed by atoms with E-state index in [1.165, 1.54) is 0 Å². The van der Waals surface area contributed by atoms with Crippen LogP contribution in [0, 0.1) is 0 Å². The molecule has 0 aliphatic rings. The summed E-state index contributed by atoms with van der Waals surface area (Å²) in [5.74, 6) is -0.950. The zero-order chi connectivity index (χ0) is 41.8. The lowest BCUT2D eigenvalue weighted by molar-refractivity contribution is -0.161. The largest absolute Gasteiger partial charge is 0.472 e. The van der Waals surface area contributed by atoms with Crippen molar-refractivity contribution in [2.24, 2.45) is 5.73 Å². The summed E-state index contributed by atoms with van der Waals surface area (Å²) in [7, 11) is -4.41. The molecule has 0 saturated carbocycles. The van der Waals surface area contributed by atoms with Crippen molar-refractivity contribution in [2.45, 2.75) is 136 Å². The molecule has 0 amide bonds. The summed E-state index contributed by atoms with van der Waals surface area (Å²) in [5.41, 5.74) is 5.34. The van der Waals surface area contributed by atoms with Crippen LogP contribution in [0.15, 0.2) is 122 Å². The van der Waals surface area contributed by atoms with E-state index in [0.29, 0.717) is 12.8 Å². The molecule has 0 heterocycles. The second-order valence-corrected chi connectivity index (χ2v) is 14.5. The highest BCUT2D eigenvalue weighted by Crippen LogP contribution is 2.43. The summed E-state index contributed by atoms with van der Waals surface area (Å²) in [6.45, 7) is 3.36. The lowest BCUT2D eigenvalue weighted by Crippen LogP contribution is -2.29. The van der Waals surface area contributed by atoms with Gasteiger partial charge in [-0.25, -0.2) is 4.57 Å². The van der Waals surface area contributed by atoms with Crippen molar-refractivity contribution in [2.75, 3.05) is 26.4 Å². The molecule has 10 heteroatoms. The van der Waals surface area contributed by atoms with Crippen molar-refractivity contribution < 1.29 is 37.6 Å². The topological polar surface area (TPSA) is 134 Å². The molecular weight excluding hydrogens is 737 g/mol. The van der Waals surface area contributed by atoms with Crippen LogP contribution in [0.2, 0.25) is 0 Å². The van der Waals surface area contributed by atoms with Crippen LogP contribution in [0.25, 0.3) is 0 Å². The second kappa shape index (κ2) is 42.0. The summed E-state index contributed by atoms with van der Waals surface area (Å²) in [6.07, 6.45) is 56.6. The molecule has 0 aromatic carbocycles. The van der Waals surface area contributed by atoms with E-state index in [1.54, 1.807) is 0 Å². The predicted molar refractivity (Wildman–Crippen MR) is 237 cm³/mol. The number of rotatable bonds is 37. The molecule has 2 unspecified atom stereocenters. The lowest BCUT2D eigenvalue weighted by Gasteiger charge is -2.19. The second-order valence-electron chi connectivity index (χ2n) is 13.1. The molecule has 0 bridgehead atoms. The van der Waals surface area contributed by atoms with Gasteiger partial charge in [0.2, 0.25) is 0 Å². The molecular formula is C47H74NO8P. The zero-order valence-corrected chi connectivity index (χ0v) is 35.9. The molecule has 320 valence electrons. The highest BCUT2D eigenvalue weighted by molar-refractivity contribution is 7.47. The van der Waals surface area contributed by atoms with E-state index in [-0.39, 0.29) is 32.6 Å². The predicted octanol–water partition coefficient (Wildman–Crippen LogP) is 12.2. The first kappa shape index (κ1) is 53.4. The smallest absolute Gasteiger partial charge is 0.462 e. The standard InChI is InChI=1S/C47H74NO8P/c1-3-5-7-9-11-13-15-17-19-21-22-24-26-28-30-32-34-36-38-40-47(50)56-45(44-55-57(51,52)54-42-41-48)43-53-46(49)39-37-35-33-31-29-27-25-23-20-18-16-14-12-10-8-6-4-2/h5-8,11-14,17-20,22,24-25,27-28,30-31,33,45H,3-4,9-10,15-16,21,23,26,29,32,34-44,48H2,1-2H3,(H,51,52). The molecule has 57 heavy (non-hydrogen) atoms. The zero-order valence-electron chi connectivity index (χ0n) is 35.0. The van der Waals surface area contributed by atoms with Gasteiger partial charge in [-0.2, -0.15) is 0 Å². The van der Waals surface area contributed by atoms with Crippen LogP contribution in [-0.4, -0.2) is 49.3 Å². The maximum atomic E-state index is 12.6. The van der Waals surface area contributed by atoms with Gasteiger partial charge in [0.15, 0.2) is 6.10 Å². The van der Waals surface area contributed by atoms with Crippen LogP contribution < -0.4 is 5.73 Å². The van der Waals surface area contributed by atoms with Gasteiger partial charge in [0.1, 0.15) is 6.61 Å². The van der Waals surface area contributed by atoms with Crippen molar-refractivity contribution in [3.63, 3.8) is 0 Å². The molecule has 0 aromatic heterocycles. The van der Waals surface area contributed by atoms with Gasteiger partial charge < -0.3 is 20.1 Å². The van der Waals surface area contributed by atoms with Gasteiger partial charge in [0.25, 0.3) is 0 Å². The number of carbonyl (C=O) groups is 2. The Morgan fingerprint density at radius 1 is 0.526 bits per heavy atom. The number of hydrogen-bond donors (Lipinski definition) is 2. The molecule has 0 aromatic rings. The number of allylic oxidation sites excluding steroid dienone is 20. The minimum absolute atomic E-state index is 0.0324. The van der Waals surface area contributed by atoms with E-state index in [0.717, 1.165) is 89.9 Å². The number of esters is 2. The number of phosphoric ester groups is 1. The Hall–Kier alpha value is -3.59. The maximum Gasteiger partial charge on any atom is 0.472 e. The van der Waals surface area contributed by atoms with Gasteiger partial charge in [0.05, 0.1) is 13.2 Å². The van der Waals surface area contributed by atoms with Crippen LogP contribution in [-0.2, 0) is 32.7 Å². The summed E-state index contributed by atoms with van der Waals surface area (Å²) in [6, 6.07) is 0. The third kappa shape index (κ3) is 41.9. The number of carbonyl (C=O) groups excluding carboxylic acids is 2. The third-order valence-electron chi connectivity index (χ3n) is 7.84. The number of nitrogens with two attached hydrogens (primary N) is 1. The Morgan fingerprint density at radius 2 is 0.930 bits per heavy atom. The molecule has 0 radical (unpaired) electrons. The fourth-order valence-corrected chi connectivity index (χ4v) is 5.58. The van der Waals surface area contributed by atoms with Gasteiger partial charge in [0, 0.05) is 19.4 Å². The Labute approximate surface area is 345 Å². The van der Waals surface area contributed by atoms with Crippen LogP contribution in [0.5, 0.6) is 0 Å². The van der Waals surface area contributed by atoms with Crippen molar-refractivity contribution in [1.29, 1.82) is 0 Å². The van der Waals surface area contributed by atoms with Gasteiger partial charge in [-0.05, 0) is 96.3 Å². The minimum Gasteiger partial charge on any atom is -0.462 e. The average Bonchev–Trinajstić information content (AvgIpc) is 3.20. The molecule has 0 aliphatic carbocycles. The normalized spacial score (nSPS) is 14.5. The van der Waals surface area contributed by atoms with E-state index < -0.39 is 32.5 Å². The summed E-state index contributed by atoms with van der Waals surface area (Å²) >= 11 is 0. The van der Waals surface area contributed by atoms with Gasteiger partial charge >= 0.3 is 19.8 Å². The Bertz CT molecular complexity index is 1340. The van der Waals surface area contributed by atoms with E-state index >= 15 is 0 Å². The molecule has 0 rings (SSSR count). The van der Waals surface area contributed by atoms with Crippen LogP contribution >= 0.6 is 7.82 Å². The Morgan fingerprint density at radius 3 is 1.37 bits per heavy atom. The molecule has 9 nitrogen and oxygen atoms in total. The van der Waals surface area contributed by atoms with Crippen LogP contribution in [0.1, 0.15) is 129 Å². The SMILES string of the molecule is CCC=CCC=CCC=CCC=CCC=CCCCCCC(=O)OC(COC(=O)CCCC=CCC=CCC=CCC=CCC=CCC)COP(=O)(O)OCCN. The van der Waals surface area contributed by atoms with Crippen molar-refractivity contribution in [1.82, 2.24) is 0 Å². The number of phosphoric acid groups is 1. The molecule has 0 aliphatic heterocycles. The Balaban J connectivity index is 4.37.